The van der Waals surface area contributed by atoms with Crippen molar-refractivity contribution in [2.45, 2.75) is 33.2 Å². The van der Waals surface area contributed by atoms with Gasteiger partial charge in [-0.2, -0.15) is 15.0 Å². The molecule has 20 heavy (non-hydrogen) atoms. The molecule has 0 saturated carbocycles. The molecule has 0 spiro atoms. The van der Waals surface area contributed by atoms with Gasteiger partial charge in [-0.25, -0.2) is 0 Å². The number of methoxy groups -OCH3 is 1. The number of ether oxygens (including phenoxy) is 1. The van der Waals surface area contributed by atoms with Gasteiger partial charge in [0.25, 0.3) is 0 Å². The van der Waals surface area contributed by atoms with Crippen molar-refractivity contribution in [1.29, 1.82) is 0 Å². The highest BCUT2D eigenvalue weighted by Crippen LogP contribution is 2.17. The molecule has 0 saturated heterocycles. The highest BCUT2D eigenvalue weighted by molar-refractivity contribution is 6.28. The molecule has 0 aliphatic rings. The van der Waals surface area contributed by atoms with E-state index in [0.29, 0.717) is 25.0 Å². The summed E-state index contributed by atoms with van der Waals surface area (Å²) in [6.45, 7) is 7.13. The van der Waals surface area contributed by atoms with Gasteiger partial charge < -0.3 is 15.0 Å². The first-order valence-electron chi connectivity index (χ1n) is 6.50. The van der Waals surface area contributed by atoms with Gasteiger partial charge in [-0.05, 0) is 32.4 Å². The molecule has 1 N–H and O–H groups in total. The van der Waals surface area contributed by atoms with Gasteiger partial charge in [-0.15, -0.1) is 0 Å². The third-order valence-corrected chi connectivity index (χ3v) is 2.92. The van der Waals surface area contributed by atoms with Crippen LogP contribution >= 0.6 is 11.6 Å². The van der Waals surface area contributed by atoms with Gasteiger partial charge in [0.2, 0.25) is 17.2 Å². The Bertz CT molecular complexity index is 457. The second kappa shape index (κ2) is 7.84. The number of carbonyl (C=O) groups excluding carboxylic acids is 1. The van der Waals surface area contributed by atoms with Gasteiger partial charge in [0.05, 0.1) is 13.5 Å². The van der Waals surface area contributed by atoms with Gasteiger partial charge in [0.1, 0.15) is 0 Å². The minimum atomic E-state index is -0.275. The fourth-order valence-corrected chi connectivity index (χ4v) is 1.95. The molecule has 0 aliphatic carbocycles. The Labute approximate surface area is 123 Å². The van der Waals surface area contributed by atoms with E-state index < -0.39 is 0 Å². The van der Waals surface area contributed by atoms with E-state index in [-0.39, 0.29) is 23.7 Å². The van der Waals surface area contributed by atoms with Crippen LogP contribution in [0.15, 0.2) is 0 Å². The lowest BCUT2D eigenvalue weighted by molar-refractivity contribution is -0.140. The van der Waals surface area contributed by atoms with E-state index in [2.05, 4.69) is 25.0 Å². The number of hydrogen-bond donors (Lipinski definition) is 1. The van der Waals surface area contributed by atoms with Crippen molar-refractivity contribution >= 4 is 29.5 Å². The van der Waals surface area contributed by atoms with Gasteiger partial charge in [-0.3, -0.25) is 4.79 Å². The lowest BCUT2D eigenvalue weighted by atomic mass is 10.2. The predicted octanol–water partition coefficient (Wildman–Crippen LogP) is 1.73. The van der Waals surface area contributed by atoms with E-state index in [1.54, 1.807) is 0 Å². The summed E-state index contributed by atoms with van der Waals surface area (Å²) < 4.78 is 4.68. The average molecular weight is 302 g/mol. The molecule has 0 amide bonds. The molecule has 1 aromatic rings. The van der Waals surface area contributed by atoms with Crippen LogP contribution in [0.1, 0.15) is 27.2 Å². The van der Waals surface area contributed by atoms with Crippen molar-refractivity contribution < 1.29 is 9.53 Å². The van der Waals surface area contributed by atoms with Crippen molar-refractivity contribution in [1.82, 2.24) is 15.0 Å². The van der Waals surface area contributed by atoms with Crippen LogP contribution in [-0.4, -0.2) is 47.2 Å². The maximum absolute atomic E-state index is 11.4. The molecule has 1 aromatic heterocycles. The van der Waals surface area contributed by atoms with E-state index in [1.807, 2.05) is 25.7 Å². The molecule has 0 radical (unpaired) electrons. The van der Waals surface area contributed by atoms with Crippen molar-refractivity contribution in [2.75, 3.05) is 30.4 Å². The zero-order chi connectivity index (χ0) is 15.1. The summed E-state index contributed by atoms with van der Waals surface area (Å²) in [5.74, 6) is 0.592. The Hall–Kier alpha value is -1.63. The largest absolute Gasteiger partial charge is 0.469 e. The molecule has 1 heterocycles. The molecule has 1 unspecified atom stereocenters. The van der Waals surface area contributed by atoms with Crippen LogP contribution in [0.5, 0.6) is 0 Å². The van der Waals surface area contributed by atoms with Gasteiger partial charge >= 0.3 is 5.97 Å². The highest BCUT2D eigenvalue weighted by atomic mass is 35.5. The standard InChI is InChI=1S/C12H20ClN5O2/c1-5-14-11-15-10(13)16-12(17-11)18(6-2)8(3)7-9(19)20-4/h8H,5-7H2,1-4H3,(H,14,15,16,17). The van der Waals surface area contributed by atoms with E-state index in [4.69, 9.17) is 11.6 Å². The number of nitrogens with zero attached hydrogens (tertiary/aromatic N) is 4. The SMILES string of the molecule is CCNc1nc(Cl)nc(N(CC)C(C)CC(=O)OC)n1. The summed E-state index contributed by atoms with van der Waals surface area (Å²) >= 11 is 5.90. The summed E-state index contributed by atoms with van der Waals surface area (Å²) in [4.78, 5) is 25.7. The number of nitrogens with one attached hydrogen (secondary N) is 1. The predicted molar refractivity (Wildman–Crippen MR) is 78.1 cm³/mol. The minimum absolute atomic E-state index is 0.0969. The molecule has 0 aliphatic heterocycles. The molecule has 0 aromatic carbocycles. The van der Waals surface area contributed by atoms with Crippen LogP contribution < -0.4 is 10.2 Å². The number of esters is 1. The second-order valence-electron chi connectivity index (χ2n) is 4.17. The van der Waals surface area contributed by atoms with Gasteiger partial charge in [0, 0.05) is 19.1 Å². The van der Waals surface area contributed by atoms with E-state index >= 15 is 0 Å². The summed E-state index contributed by atoms with van der Waals surface area (Å²) in [7, 11) is 1.37. The van der Waals surface area contributed by atoms with Crippen molar-refractivity contribution in [3.05, 3.63) is 5.28 Å². The normalized spacial score (nSPS) is 11.8. The van der Waals surface area contributed by atoms with Gasteiger partial charge in [-0.1, -0.05) is 0 Å². The minimum Gasteiger partial charge on any atom is -0.469 e. The van der Waals surface area contributed by atoms with E-state index in [9.17, 15) is 4.79 Å². The Balaban J connectivity index is 2.96. The molecule has 0 fully saturated rings. The van der Waals surface area contributed by atoms with Crippen LogP contribution in [0.25, 0.3) is 0 Å². The number of rotatable bonds is 7. The maximum atomic E-state index is 11.4. The quantitative estimate of drug-likeness (QED) is 0.768. The first kappa shape index (κ1) is 16.4. The Morgan fingerprint density at radius 1 is 1.40 bits per heavy atom. The van der Waals surface area contributed by atoms with Crippen molar-refractivity contribution in [3.8, 4) is 0 Å². The number of halogens is 1. The van der Waals surface area contributed by atoms with Crippen LogP contribution in [0.4, 0.5) is 11.9 Å². The molecule has 0 bridgehead atoms. The van der Waals surface area contributed by atoms with Gasteiger partial charge in [0.15, 0.2) is 0 Å². The highest BCUT2D eigenvalue weighted by Gasteiger charge is 2.20. The van der Waals surface area contributed by atoms with Crippen LogP contribution in [0.2, 0.25) is 5.28 Å². The van der Waals surface area contributed by atoms with Crippen molar-refractivity contribution in [3.63, 3.8) is 0 Å². The van der Waals surface area contributed by atoms with Crippen LogP contribution in [0.3, 0.4) is 0 Å². The monoisotopic (exact) mass is 301 g/mol. The first-order valence-corrected chi connectivity index (χ1v) is 6.88. The third-order valence-electron chi connectivity index (χ3n) is 2.75. The second-order valence-corrected chi connectivity index (χ2v) is 4.51. The van der Waals surface area contributed by atoms with E-state index in [1.165, 1.54) is 7.11 Å². The fourth-order valence-electron chi connectivity index (χ4n) is 1.79. The third kappa shape index (κ3) is 4.48. The summed E-state index contributed by atoms with van der Waals surface area (Å²) in [6.07, 6.45) is 0.254. The smallest absolute Gasteiger partial charge is 0.307 e. The summed E-state index contributed by atoms with van der Waals surface area (Å²) in [6, 6.07) is -0.0969. The summed E-state index contributed by atoms with van der Waals surface area (Å²) in [5, 5.41) is 3.11. The number of aromatic nitrogens is 3. The Kier molecular flexibility index (Phi) is 6.44. The molecular weight excluding hydrogens is 282 g/mol. The average Bonchev–Trinajstić information content (AvgIpc) is 2.39. The molecule has 8 heteroatoms. The topological polar surface area (TPSA) is 80.2 Å². The number of hydrogen-bond acceptors (Lipinski definition) is 7. The number of carbonyl (C=O) groups is 1. The van der Waals surface area contributed by atoms with Crippen molar-refractivity contribution in [2.24, 2.45) is 0 Å². The van der Waals surface area contributed by atoms with Crippen LogP contribution in [0, 0.1) is 0 Å². The number of anilines is 2. The zero-order valence-electron chi connectivity index (χ0n) is 12.2. The molecule has 112 valence electrons. The fraction of sp³-hybridized carbons (Fsp3) is 0.667. The molecule has 1 rings (SSSR count). The van der Waals surface area contributed by atoms with E-state index in [0.717, 1.165) is 0 Å². The molecule has 7 nitrogen and oxygen atoms in total. The maximum Gasteiger partial charge on any atom is 0.307 e. The lowest BCUT2D eigenvalue weighted by Gasteiger charge is -2.27. The zero-order valence-corrected chi connectivity index (χ0v) is 12.9. The molecule has 1 atom stereocenters. The Morgan fingerprint density at radius 3 is 2.65 bits per heavy atom. The van der Waals surface area contributed by atoms with Crippen LogP contribution in [-0.2, 0) is 9.53 Å². The first-order chi connectivity index (χ1) is 9.51. The molecular formula is C12H20ClN5O2. The Morgan fingerprint density at radius 2 is 2.10 bits per heavy atom. The summed E-state index contributed by atoms with van der Waals surface area (Å²) in [5.41, 5.74) is 0. The lowest BCUT2D eigenvalue weighted by Crippen LogP contribution is -2.36.